The third-order valence-corrected chi connectivity index (χ3v) is 8.55. The van der Waals surface area contributed by atoms with Gasteiger partial charge in [0, 0.05) is 18.0 Å². The van der Waals surface area contributed by atoms with Crippen LogP contribution in [0, 0.1) is 17.8 Å². The van der Waals surface area contributed by atoms with Crippen molar-refractivity contribution >= 4 is 19.1 Å². The van der Waals surface area contributed by atoms with E-state index < -0.39 is 28.7 Å². The second kappa shape index (κ2) is 9.96. The number of esters is 1. The van der Waals surface area contributed by atoms with Gasteiger partial charge in [0.05, 0.1) is 11.2 Å². The highest BCUT2D eigenvalue weighted by atomic mass is 16.7. The summed E-state index contributed by atoms with van der Waals surface area (Å²) in [6.45, 7) is 9.05. The Morgan fingerprint density at radius 1 is 1.19 bits per heavy atom. The van der Waals surface area contributed by atoms with Crippen LogP contribution in [0.2, 0.25) is 6.32 Å². The molecule has 1 saturated carbocycles. The Balaban J connectivity index is 1.51. The van der Waals surface area contributed by atoms with Crippen molar-refractivity contribution in [3.8, 4) is 0 Å². The second-order valence-corrected chi connectivity index (χ2v) is 11.3. The van der Waals surface area contributed by atoms with Crippen molar-refractivity contribution in [2.24, 2.45) is 28.6 Å². The maximum absolute atomic E-state index is 13.5. The van der Waals surface area contributed by atoms with Gasteiger partial charge in [-0.3, -0.25) is 4.79 Å². The van der Waals surface area contributed by atoms with E-state index in [1.165, 1.54) is 0 Å². The van der Waals surface area contributed by atoms with Gasteiger partial charge in [0.2, 0.25) is 0 Å². The summed E-state index contributed by atoms with van der Waals surface area (Å²) in [5.74, 6) is -0.794. The van der Waals surface area contributed by atoms with E-state index in [0.29, 0.717) is 38.7 Å². The molecule has 2 amide bonds. The number of benzene rings is 1. The smallest absolute Gasteiger partial charge is 0.457 e. The zero-order valence-corrected chi connectivity index (χ0v) is 21.6. The number of nitrogens with zero attached hydrogens (tertiary/aromatic N) is 4. The number of ether oxygens (including phenoxy) is 1. The summed E-state index contributed by atoms with van der Waals surface area (Å²) in [6, 6.07) is 8.94. The van der Waals surface area contributed by atoms with Crippen molar-refractivity contribution in [2.75, 3.05) is 13.1 Å². The van der Waals surface area contributed by atoms with Gasteiger partial charge in [0.15, 0.2) is 0 Å². The normalized spacial score (nSPS) is 30.1. The summed E-state index contributed by atoms with van der Waals surface area (Å²) < 4.78 is 18.0. The summed E-state index contributed by atoms with van der Waals surface area (Å²) in [7, 11) is -0.350. The molecule has 4 rings (SSSR count). The molecule has 36 heavy (non-hydrogen) atoms. The van der Waals surface area contributed by atoms with E-state index in [1.54, 1.807) is 4.90 Å². The van der Waals surface area contributed by atoms with Crippen LogP contribution >= 0.6 is 0 Å². The number of likely N-dealkylation sites (tertiary alicyclic amines) is 1. The maximum atomic E-state index is 13.5. The number of carbonyl (C=O) groups is 2. The predicted molar refractivity (Wildman–Crippen MR) is 134 cm³/mol. The SMILES string of the molecule is CC1(C)OB(CCCC2C3CN(C(N)=O)CC3CC2(N=[N+]=[N-])C(=O)OCc2ccccc2)OC1(C)C. The van der Waals surface area contributed by atoms with Gasteiger partial charge in [-0.15, -0.1) is 0 Å². The van der Waals surface area contributed by atoms with Gasteiger partial charge in [-0.05, 0) is 75.7 Å². The van der Waals surface area contributed by atoms with Crippen LogP contribution in [0.15, 0.2) is 35.4 Å². The topological polar surface area (TPSA) is 140 Å². The molecule has 2 aliphatic heterocycles. The Kier molecular flexibility index (Phi) is 7.28. The minimum absolute atomic E-state index is 0.00845. The molecule has 0 radical (unpaired) electrons. The van der Waals surface area contributed by atoms with Crippen molar-refractivity contribution < 1.29 is 23.6 Å². The molecule has 0 bridgehead atoms. The summed E-state index contributed by atoms with van der Waals surface area (Å²) in [5.41, 5.74) is 13.7. The maximum Gasteiger partial charge on any atom is 0.457 e. The van der Waals surface area contributed by atoms with Crippen molar-refractivity contribution in [2.45, 2.75) is 76.6 Å². The van der Waals surface area contributed by atoms with Crippen LogP contribution in [0.4, 0.5) is 4.79 Å². The van der Waals surface area contributed by atoms with E-state index in [4.69, 9.17) is 19.8 Å². The fourth-order valence-electron chi connectivity index (χ4n) is 6.01. The van der Waals surface area contributed by atoms with Crippen LogP contribution in [0.25, 0.3) is 10.4 Å². The molecule has 1 aromatic carbocycles. The molecular weight excluding hydrogens is 461 g/mol. The molecule has 4 unspecified atom stereocenters. The number of azide groups is 1. The van der Waals surface area contributed by atoms with E-state index >= 15 is 0 Å². The lowest BCUT2D eigenvalue weighted by Crippen LogP contribution is -2.45. The van der Waals surface area contributed by atoms with Crippen molar-refractivity contribution in [1.82, 2.24) is 4.90 Å². The van der Waals surface area contributed by atoms with Crippen molar-refractivity contribution in [1.29, 1.82) is 0 Å². The molecule has 1 aliphatic carbocycles. The predicted octanol–water partition coefficient (Wildman–Crippen LogP) is 4.30. The molecule has 2 N–H and O–H groups in total. The molecule has 0 spiro atoms. The monoisotopic (exact) mass is 497 g/mol. The number of rotatable bonds is 8. The quantitative estimate of drug-likeness (QED) is 0.188. The minimum Gasteiger partial charge on any atom is -0.460 e. The average molecular weight is 497 g/mol. The molecule has 11 heteroatoms. The fourth-order valence-corrected chi connectivity index (χ4v) is 6.01. The molecule has 4 atom stereocenters. The molecule has 2 heterocycles. The Labute approximate surface area is 212 Å². The molecule has 1 aromatic rings. The van der Waals surface area contributed by atoms with E-state index in [1.807, 2.05) is 58.0 Å². The van der Waals surface area contributed by atoms with Crippen LogP contribution in [0.1, 0.15) is 52.5 Å². The minimum atomic E-state index is -1.32. The van der Waals surface area contributed by atoms with Gasteiger partial charge in [-0.25, -0.2) is 4.79 Å². The van der Waals surface area contributed by atoms with Gasteiger partial charge in [0.1, 0.15) is 12.1 Å². The molecular formula is C25H36BN5O5. The van der Waals surface area contributed by atoms with E-state index in [2.05, 4.69) is 10.0 Å². The average Bonchev–Trinajstić information content (AvgIpc) is 3.41. The van der Waals surface area contributed by atoms with Gasteiger partial charge < -0.3 is 24.7 Å². The van der Waals surface area contributed by atoms with E-state index in [9.17, 15) is 15.1 Å². The van der Waals surface area contributed by atoms with Gasteiger partial charge >= 0.3 is 19.1 Å². The number of hydrogen-bond acceptors (Lipinski definition) is 6. The number of primary amides is 1. The first kappa shape index (κ1) is 26.3. The van der Waals surface area contributed by atoms with Crippen LogP contribution in [0.5, 0.6) is 0 Å². The highest BCUT2D eigenvalue weighted by Crippen LogP contribution is 2.53. The number of fused-ring (bicyclic) bond motifs is 1. The van der Waals surface area contributed by atoms with Gasteiger partial charge in [-0.1, -0.05) is 41.9 Å². The number of carbonyl (C=O) groups excluding carboxylic acids is 2. The molecule has 0 aromatic heterocycles. The van der Waals surface area contributed by atoms with Crippen molar-refractivity contribution in [3.63, 3.8) is 0 Å². The zero-order valence-electron chi connectivity index (χ0n) is 21.6. The first-order valence-electron chi connectivity index (χ1n) is 12.7. The molecule has 2 saturated heterocycles. The number of amides is 2. The Morgan fingerprint density at radius 2 is 1.86 bits per heavy atom. The Hall–Kier alpha value is -2.75. The third kappa shape index (κ3) is 4.92. The largest absolute Gasteiger partial charge is 0.460 e. The van der Waals surface area contributed by atoms with Crippen LogP contribution in [0.3, 0.4) is 0 Å². The first-order chi connectivity index (χ1) is 17.0. The van der Waals surface area contributed by atoms with Gasteiger partial charge in [-0.2, -0.15) is 0 Å². The van der Waals surface area contributed by atoms with Crippen LogP contribution in [-0.4, -0.2) is 53.8 Å². The highest BCUT2D eigenvalue weighted by Gasteiger charge is 2.61. The second-order valence-electron chi connectivity index (χ2n) is 11.3. The van der Waals surface area contributed by atoms with E-state index in [-0.39, 0.29) is 31.5 Å². The summed E-state index contributed by atoms with van der Waals surface area (Å²) in [5, 5.41) is 4.11. The summed E-state index contributed by atoms with van der Waals surface area (Å²) >= 11 is 0. The molecule has 10 nitrogen and oxygen atoms in total. The third-order valence-electron chi connectivity index (χ3n) is 8.55. The summed E-state index contributed by atoms with van der Waals surface area (Å²) in [4.78, 5) is 30.1. The van der Waals surface area contributed by atoms with Crippen LogP contribution < -0.4 is 5.73 Å². The standard InChI is InChI=1S/C25H36BN5O5/c1-23(2)24(3,4)36-26(35-23)12-8-11-20-19-15-31(22(27)33)14-18(19)13-25(20,29-30-28)21(32)34-16-17-9-6-5-7-10-17/h5-7,9-10,18-20H,8,11-16H2,1-4H3,(H2,27,33). The van der Waals surface area contributed by atoms with Crippen LogP contribution in [-0.2, 0) is 25.4 Å². The molecule has 3 aliphatic rings. The number of hydrogen-bond donors (Lipinski definition) is 1. The zero-order chi connectivity index (χ0) is 26.1. The van der Waals surface area contributed by atoms with Gasteiger partial charge in [0.25, 0.3) is 0 Å². The Morgan fingerprint density at radius 3 is 2.47 bits per heavy atom. The summed E-state index contributed by atoms with van der Waals surface area (Å²) in [6.07, 6.45) is 2.29. The lowest BCUT2D eigenvalue weighted by Gasteiger charge is -2.32. The van der Waals surface area contributed by atoms with E-state index in [0.717, 1.165) is 5.56 Å². The molecule has 194 valence electrons. The Bertz CT molecular complexity index is 1010. The molecule has 3 fully saturated rings. The fraction of sp³-hybridized carbons (Fsp3) is 0.680. The highest BCUT2D eigenvalue weighted by molar-refractivity contribution is 6.45. The van der Waals surface area contributed by atoms with Crippen molar-refractivity contribution in [3.05, 3.63) is 46.3 Å². The number of urea groups is 1. The lowest BCUT2D eigenvalue weighted by molar-refractivity contribution is -0.153. The number of nitrogens with two attached hydrogens (primary N) is 1. The lowest BCUT2D eigenvalue weighted by atomic mass is 9.75. The first-order valence-corrected chi connectivity index (χ1v) is 12.7.